The topological polar surface area (TPSA) is 127 Å². The Kier molecular flexibility index (Phi) is 12.2. The minimum absolute atomic E-state index is 0.0239. The quantitative estimate of drug-likeness (QED) is 0.154. The number of hydrogen-bond donors (Lipinski definition) is 3. The first kappa shape index (κ1) is 35.4. The molecule has 46 heavy (non-hydrogen) atoms. The van der Waals surface area contributed by atoms with Gasteiger partial charge < -0.3 is 25.2 Å². The molecule has 0 amide bonds. The molecule has 0 radical (unpaired) electrons. The fraction of sp³-hybridized carbons (Fsp3) is 0.533. The highest BCUT2D eigenvalue weighted by Gasteiger charge is 2.32. The van der Waals surface area contributed by atoms with Crippen molar-refractivity contribution in [3.8, 4) is 11.3 Å². The fourth-order valence-corrected chi connectivity index (χ4v) is 6.06. The van der Waals surface area contributed by atoms with Crippen molar-refractivity contribution in [2.75, 3.05) is 63.2 Å². The number of aromatic nitrogens is 3. The molecule has 2 aromatic heterocycles. The number of carboxylic acid groups (broad SMARTS) is 1. The van der Waals surface area contributed by atoms with Crippen molar-refractivity contribution in [2.45, 2.75) is 51.7 Å². The van der Waals surface area contributed by atoms with Gasteiger partial charge in [-0.05, 0) is 31.5 Å². The number of nitrogens with one attached hydrogen (secondary N) is 1. The molecule has 4 rings (SSSR count). The number of carboxylic acids is 1. The second kappa shape index (κ2) is 15.9. The van der Waals surface area contributed by atoms with Crippen molar-refractivity contribution < 1.29 is 37.3 Å². The van der Waals surface area contributed by atoms with Crippen molar-refractivity contribution in [2.24, 2.45) is 0 Å². The summed E-state index contributed by atoms with van der Waals surface area (Å²) in [6, 6.07) is 2.46. The number of carbonyl (C=O) groups is 1. The molecule has 1 aliphatic rings. The number of thiazole rings is 1. The summed E-state index contributed by atoms with van der Waals surface area (Å²) < 4.78 is 60.4. The largest absolute Gasteiger partial charge is 0.481 e. The number of aliphatic hydroxyl groups is 1. The lowest BCUT2D eigenvalue weighted by molar-refractivity contribution is -0.138. The molecular weight excluding hydrogens is 630 g/mol. The third kappa shape index (κ3) is 9.54. The Bertz CT molecular complexity index is 1440. The van der Waals surface area contributed by atoms with Gasteiger partial charge in [-0.15, -0.1) is 11.3 Å². The highest BCUT2D eigenvalue weighted by Crippen LogP contribution is 2.38. The van der Waals surface area contributed by atoms with Gasteiger partial charge in [-0.25, -0.2) is 14.4 Å². The molecule has 1 fully saturated rings. The SMILES string of the molecule is CCC(C)N(CCOC)Cc1sc(NC(O)c2cnc(N3CCN(CCC(=O)O)CC3)cn2)nc1-c1cc(F)cc(C(F)(F)F)c1. The van der Waals surface area contributed by atoms with Gasteiger partial charge in [0, 0.05) is 69.4 Å². The number of anilines is 2. The molecule has 3 aromatic rings. The Labute approximate surface area is 268 Å². The maximum atomic E-state index is 14.4. The van der Waals surface area contributed by atoms with E-state index in [4.69, 9.17) is 9.84 Å². The Balaban J connectivity index is 1.54. The van der Waals surface area contributed by atoms with E-state index in [1.807, 2.05) is 18.7 Å². The van der Waals surface area contributed by atoms with Crippen molar-refractivity contribution in [3.05, 3.63) is 52.5 Å². The van der Waals surface area contributed by atoms with Crippen LogP contribution in [0.5, 0.6) is 0 Å². The number of aliphatic carboxylic acids is 1. The highest BCUT2D eigenvalue weighted by molar-refractivity contribution is 7.16. The third-order valence-electron chi connectivity index (χ3n) is 7.88. The zero-order valence-corrected chi connectivity index (χ0v) is 26.7. The second-order valence-electron chi connectivity index (χ2n) is 11.1. The molecule has 11 nitrogen and oxygen atoms in total. The molecule has 2 unspecified atom stereocenters. The number of benzene rings is 1. The number of nitrogens with zero attached hydrogens (tertiary/aromatic N) is 6. The molecule has 0 spiro atoms. The van der Waals surface area contributed by atoms with Crippen LogP contribution in [-0.2, 0) is 22.3 Å². The number of aliphatic hydroxyl groups excluding tert-OH is 1. The average Bonchev–Trinajstić information content (AvgIpc) is 3.43. The summed E-state index contributed by atoms with van der Waals surface area (Å²) in [4.78, 5) is 30.9. The van der Waals surface area contributed by atoms with Crippen LogP contribution >= 0.6 is 11.3 Å². The van der Waals surface area contributed by atoms with Gasteiger partial charge in [0.05, 0.1) is 36.7 Å². The van der Waals surface area contributed by atoms with Crippen molar-refractivity contribution >= 4 is 28.3 Å². The molecule has 3 N–H and O–H groups in total. The minimum atomic E-state index is -4.75. The monoisotopic (exact) mass is 669 g/mol. The third-order valence-corrected chi connectivity index (χ3v) is 8.85. The lowest BCUT2D eigenvalue weighted by atomic mass is 10.1. The molecule has 1 saturated heterocycles. The van der Waals surface area contributed by atoms with E-state index in [1.54, 1.807) is 7.11 Å². The smallest absolute Gasteiger partial charge is 0.416 e. The fourth-order valence-electron chi connectivity index (χ4n) is 5.02. The molecule has 0 saturated carbocycles. The number of halogens is 4. The molecule has 1 aliphatic heterocycles. The molecule has 1 aromatic carbocycles. The van der Waals surface area contributed by atoms with E-state index < -0.39 is 29.8 Å². The van der Waals surface area contributed by atoms with Gasteiger partial charge in [0.2, 0.25) is 0 Å². The van der Waals surface area contributed by atoms with Crippen LogP contribution in [0.4, 0.5) is 28.5 Å². The summed E-state index contributed by atoms with van der Waals surface area (Å²) in [5.41, 5.74) is -0.761. The van der Waals surface area contributed by atoms with Crippen LogP contribution in [0.2, 0.25) is 0 Å². The van der Waals surface area contributed by atoms with Gasteiger partial charge in [0.1, 0.15) is 17.3 Å². The Morgan fingerprint density at radius 2 is 1.91 bits per heavy atom. The number of hydrogen-bond acceptors (Lipinski definition) is 11. The maximum absolute atomic E-state index is 14.4. The Morgan fingerprint density at radius 1 is 1.17 bits per heavy atom. The summed E-state index contributed by atoms with van der Waals surface area (Å²) >= 11 is 1.15. The van der Waals surface area contributed by atoms with Crippen LogP contribution in [0.1, 0.15) is 49.1 Å². The summed E-state index contributed by atoms with van der Waals surface area (Å²) in [6.45, 7) is 8.52. The number of piperazine rings is 1. The van der Waals surface area contributed by atoms with Crippen LogP contribution in [0.15, 0.2) is 30.6 Å². The van der Waals surface area contributed by atoms with Gasteiger partial charge in [0.15, 0.2) is 11.4 Å². The number of methoxy groups -OCH3 is 1. The normalized spacial score (nSPS) is 15.7. The van der Waals surface area contributed by atoms with E-state index in [0.717, 1.165) is 29.9 Å². The van der Waals surface area contributed by atoms with Gasteiger partial charge in [-0.2, -0.15) is 13.2 Å². The predicted octanol–water partition coefficient (Wildman–Crippen LogP) is 4.70. The number of alkyl halides is 3. The lowest BCUT2D eigenvalue weighted by Gasteiger charge is -2.35. The molecule has 16 heteroatoms. The van der Waals surface area contributed by atoms with Gasteiger partial charge >= 0.3 is 12.1 Å². The molecule has 252 valence electrons. The highest BCUT2D eigenvalue weighted by atomic mass is 32.1. The predicted molar refractivity (Wildman–Crippen MR) is 166 cm³/mol. The Hall–Kier alpha value is -3.44. The molecule has 3 heterocycles. The molecule has 0 aliphatic carbocycles. The van der Waals surface area contributed by atoms with Crippen LogP contribution in [-0.4, -0.2) is 100.0 Å². The van der Waals surface area contributed by atoms with Crippen LogP contribution in [0, 0.1) is 5.82 Å². The van der Waals surface area contributed by atoms with E-state index in [1.165, 1.54) is 12.4 Å². The lowest BCUT2D eigenvalue weighted by Crippen LogP contribution is -2.47. The van der Waals surface area contributed by atoms with E-state index in [-0.39, 0.29) is 34.5 Å². The zero-order valence-electron chi connectivity index (χ0n) is 25.9. The molecular formula is C30H39F4N7O4S. The van der Waals surface area contributed by atoms with Crippen molar-refractivity contribution in [1.29, 1.82) is 0 Å². The first-order chi connectivity index (χ1) is 21.9. The van der Waals surface area contributed by atoms with E-state index in [2.05, 4.69) is 30.1 Å². The van der Waals surface area contributed by atoms with Crippen LogP contribution in [0.3, 0.4) is 0 Å². The van der Waals surface area contributed by atoms with Crippen LogP contribution < -0.4 is 10.2 Å². The first-order valence-corrected chi connectivity index (χ1v) is 15.8. The standard InChI is InChI=1S/C30H39F4N7O4S/c1-4-19(2)41(11-12-45-3)18-24-27(20-13-21(30(32,33)34)15-22(31)14-20)37-29(46-24)38-28(44)23-16-36-25(17-35-23)40-9-7-39(8-10-40)6-5-26(42)43/h13-17,19,28,44H,4-12,18H2,1-3H3,(H,37,38)(H,42,43). The van der Waals surface area contributed by atoms with E-state index in [0.29, 0.717) is 69.2 Å². The number of ether oxygens (including phenoxy) is 1. The maximum Gasteiger partial charge on any atom is 0.416 e. The van der Waals surface area contributed by atoms with E-state index >= 15 is 0 Å². The van der Waals surface area contributed by atoms with Crippen molar-refractivity contribution in [3.63, 3.8) is 0 Å². The van der Waals surface area contributed by atoms with Crippen molar-refractivity contribution in [1.82, 2.24) is 24.8 Å². The van der Waals surface area contributed by atoms with Gasteiger partial charge in [-0.3, -0.25) is 19.6 Å². The summed E-state index contributed by atoms with van der Waals surface area (Å²) in [7, 11) is 1.59. The van der Waals surface area contributed by atoms with Crippen LogP contribution in [0.25, 0.3) is 11.3 Å². The minimum Gasteiger partial charge on any atom is -0.481 e. The molecule has 2 atom stereocenters. The zero-order chi connectivity index (χ0) is 33.4. The Morgan fingerprint density at radius 3 is 2.52 bits per heavy atom. The summed E-state index contributed by atoms with van der Waals surface area (Å²) in [6.07, 6.45) is -2.21. The van der Waals surface area contributed by atoms with Gasteiger partial charge in [0.25, 0.3) is 0 Å². The number of rotatable bonds is 15. The second-order valence-corrected chi connectivity index (χ2v) is 12.1. The first-order valence-electron chi connectivity index (χ1n) is 14.9. The van der Waals surface area contributed by atoms with Gasteiger partial charge in [-0.1, -0.05) is 6.92 Å². The summed E-state index contributed by atoms with van der Waals surface area (Å²) in [5, 5.41) is 22.9. The van der Waals surface area contributed by atoms with E-state index in [9.17, 15) is 27.5 Å². The molecule has 0 bridgehead atoms. The summed E-state index contributed by atoms with van der Waals surface area (Å²) in [5.74, 6) is -1.25. The average molecular weight is 670 g/mol.